The average Bonchev–Trinajstić information content (AvgIpc) is 2.36. The molecule has 0 spiro atoms. The predicted octanol–water partition coefficient (Wildman–Crippen LogP) is 2.14. The van der Waals surface area contributed by atoms with E-state index in [0.717, 1.165) is 4.90 Å². The monoisotopic (exact) mass is 266 g/mol. The van der Waals surface area contributed by atoms with Gasteiger partial charge in [0.1, 0.15) is 6.07 Å². The van der Waals surface area contributed by atoms with Crippen molar-refractivity contribution in [1.82, 2.24) is 0 Å². The fourth-order valence-electron chi connectivity index (χ4n) is 1.06. The second kappa shape index (κ2) is 6.61. The van der Waals surface area contributed by atoms with Crippen molar-refractivity contribution in [2.45, 2.75) is 17.9 Å². The van der Waals surface area contributed by atoms with Crippen LogP contribution in [-0.2, 0) is 9.53 Å². The lowest BCUT2D eigenvalue weighted by Crippen LogP contribution is -2.14. The van der Waals surface area contributed by atoms with Crippen molar-refractivity contribution in [2.75, 3.05) is 5.75 Å². The minimum absolute atomic E-state index is 0.0000271. The molecule has 6 nitrogen and oxygen atoms in total. The summed E-state index contributed by atoms with van der Waals surface area (Å²) in [6.45, 7) is 1.48. The summed E-state index contributed by atoms with van der Waals surface area (Å²) in [5.41, 5.74) is 0.0000271. The van der Waals surface area contributed by atoms with E-state index in [-0.39, 0.29) is 11.4 Å². The van der Waals surface area contributed by atoms with Crippen LogP contribution >= 0.6 is 11.8 Å². The Morgan fingerprint density at radius 2 is 2.17 bits per heavy atom. The van der Waals surface area contributed by atoms with Gasteiger partial charge in [-0.2, -0.15) is 5.26 Å². The van der Waals surface area contributed by atoms with E-state index in [2.05, 4.69) is 0 Å². The van der Waals surface area contributed by atoms with Crippen LogP contribution in [0.3, 0.4) is 0 Å². The van der Waals surface area contributed by atoms with Gasteiger partial charge in [-0.15, -0.1) is 11.8 Å². The number of rotatable bonds is 5. The largest absolute Gasteiger partial charge is 0.447 e. The Balaban J connectivity index is 2.47. The third-order valence-corrected chi connectivity index (χ3v) is 2.88. The van der Waals surface area contributed by atoms with Crippen LogP contribution in [0.15, 0.2) is 29.2 Å². The highest BCUT2D eigenvalue weighted by Gasteiger charge is 2.10. The third-order valence-electron chi connectivity index (χ3n) is 1.89. The smallest absolute Gasteiger partial charge is 0.317 e. The number of carbonyl (C=O) groups excluding carboxylic acids is 1. The summed E-state index contributed by atoms with van der Waals surface area (Å²) in [4.78, 5) is 21.9. The van der Waals surface area contributed by atoms with Crippen LogP contribution < -0.4 is 0 Å². The number of hydrogen-bond acceptors (Lipinski definition) is 6. The van der Waals surface area contributed by atoms with Crippen LogP contribution in [0.1, 0.15) is 6.92 Å². The summed E-state index contributed by atoms with van der Waals surface area (Å²) in [6.07, 6.45) is -0.769. The van der Waals surface area contributed by atoms with Gasteiger partial charge in [-0.05, 0) is 19.1 Å². The molecular formula is C11H10N2O4S. The SMILES string of the molecule is C[C@@H](C#N)OC(=O)CSc1ccc([N+](=O)[O-])cc1. The molecule has 0 unspecified atom stereocenters. The number of carbonyl (C=O) groups is 1. The quantitative estimate of drug-likeness (QED) is 0.351. The fraction of sp³-hybridized carbons (Fsp3) is 0.273. The molecule has 1 atom stereocenters. The van der Waals surface area contributed by atoms with Gasteiger partial charge in [0.25, 0.3) is 5.69 Å². The minimum atomic E-state index is -0.769. The van der Waals surface area contributed by atoms with Crippen molar-refractivity contribution in [2.24, 2.45) is 0 Å². The first-order valence-corrected chi connectivity index (χ1v) is 5.98. The number of nitrogens with zero attached hydrogens (tertiary/aromatic N) is 2. The van der Waals surface area contributed by atoms with Crippen LogP contribution in [0.25, 0.3) is 0 Å². The summed E-state index contributed by atoms with van der Waals surface area (Å²) >= 11 is 1.19. The Labute approximate surface area is 108 Å². The number of esters is 1. The zero-order valence-corrected chi connectivity index (χ0v) is 10.3. The van der Waals surface area contributed by atoms with E-state index in [1.54, 1.807) is 18.2 Å². The summed E-state index contributed by atoms with van der Waals surface area (Å²) < 4.78 is 4.75. The van der Waals surface area contributed by atoms with E-state index in [0.29, 0.717) is 0 Å². The number of nitriles is 1. The molecule has 0 radical (unpaired) electrons. The zero-order chi connectivity index (χ0) is 13.5. The molecule has 0 aliphatic heterocycles. The lowest BCUT2D eigenvalue weighted by Gasteiger charge is -2.05. The minimum Gasteiger partial charge on any atom is -0.447 e. The molecule has 1 rings (SSSR count). The maximum atomic E-state index is 11.3. The summed E-state index contributed by atoms with van der Waals surface area (Å²) in [7, 11) is 0. The molecule has 0 aromatic heterocycles. The summed E-state index contributed by atoms with van der Waals surface area (Å²) in [5, 5.41) is 18.9. The van der Waals surface area contributed by atoms with Gasteiger partial charge in [-0.25, -0.2) is 0 Å². The first kappa shape index (κ1) is 14.0. The molecule has 0 aliphatic rings. The molecule has 0 amide bonds. The van der Waals surface area contributed by atoms with Gasteiger partial charge in [0.2, 0.25) is 0 Å². The van der Waals surface area contributed by atoms with Gasteiger partial charge in [0, 0.05) is 17.0 Å². The number of benzene rings is 1. The molecule has 0 bridgehead atoms. The Morgan fingerprint density at radius 3 is 2.67 bits per heavy atom. The van der Waals surface area contributed by atoms with E-state index in [1.807, 2.05) is 0 Å². The first-order valence-electron chi connectivity index (χ1n) is 4.99. The Morgan fingerprint density at radius 1 is 1.56 bits per heavy atom. The van der Waals surface area contributed by atoms with Gasteiger partial charge in [0.15, 0.2) is 6.10 Å². The second-order valence-corrected chi connectivity index (χ2v) is 4.35. The molecule has 94 valence electrons. The number of hydrogen-bond donors (Lipinski definition) is 0. The van der Waals surface area contributed by atoms with Crippen LogP contribution in [0, 0.1) is 21.4 Å². The molecule has 0 aliphatic carbocycles. The topological polar surface area (TPSA) is 93.2 Å². The molecule has 0 saturated heterocycles. The van der Waals surface area contributed by atoms with Crippen molar-refractivity contribution in [3.05, 3.63) is 34.4 Å². The first-order chi connectivity index (χ1) is 8.52. The number of thioether (sulfide) groups is 1. The number of nitro groups is 1. The van der Waals surface area contributed by atoms with E-state index in [9.17, 15) is 14.9 Å². The maximum absolute atomic E-state index is 11.3. The Kier molecular flexibility index (Phi) is 5.14. The lowest BCUT2D eigenvalue weighted by molar-refractivity contribution is -0.384. The average molecular weight is 266 g/mol. The highest BCUT2D eigenvalue weighted by atomic mass is 32.2. The molecule has 0 saturated carbocycles. The van der Waals surface area contributed by atoms with Gasteiger partial charge < -0.3 is 4.74 Å². The lowest BCUT2D eigenvalue weighted by atomic mass is 10.3. The zero-order valence-electron chi connectivity index (χ0n) is 9.53. The summed E-state index contributed by atoms with van der Waals surface area (Å²) in [5.74, 6) is -0.434. The van der Waals surface area contributed by atoms with Crippen LogP contribution in [-0.4, -0.2) is 22.7 Å². The Bertz CT molecular complexity index is 481. The van der Waals surface area contributed by atoms with Crippen molar-refractivity contribution < 1.29 is 14.5 Å². The molecular weight excluding hydrogens is 256 g/mol. The van der Waals surface area contributed by atoms with Crippen LogP contribution in [0.4, 0.5) is 5.69 Å². The van der Waals surface area contributed by atoms with Crippen molar-refractivity contribution in [3.63, 3.8) is 0 Å². The van der Waals surface area contributed by atoms with Crippen molar-refractivity contribution in [3.8, 4) is 6.07 Å². The van der Waals surface area contributed by atoms with Crippen LogP contribution in [0.5, 0.6) is 0 Å². The second-order valence-electron chi connectivity index (χ2n) is 3.30. The van der Waals surface area contributed by atoms with Gasteiger partial charge in [0.05, 0.1) is 10.7 Å². The maximum Gasteiger partial charge on any atom is 0.317 e. The van der Waals surface area contributed by atoms with E-state index in [4.69, 9.17) is 10.00 Å². The molecule has 1 aromatic carbocycles. The number of nitro benzene ring substituents is 1. The van der Waals surface area contributed by atoms with E-state index >= 15 is 0 Å². The summed E-state index contributed by atoms with van der Waals surface area (Å²) in [6, 6.07) is 7.64. The molecule has 7 heteroatoms. The molecule has 0 heterocycles. The molecule has 18 heavy (non-hydrogen) atoms. The highest BCUT2D eigenvalue weighted by molar-refractivity contribution is 8.00. The fourth-order valence-corrected chi connectivity index (χ4v) is 1.74. The predicted molar refractivity (Wildman–Crippen MR) is 65.0 cm³/mol. The van der Waals surface area contributed by atoms with Crippen molar-refractivity contribution >= 4 is 23.4 Å². The van der Waals surface area contributed by atoms with E-state index in [1.165, 1.54) is 30.8 Å². The highest BCUT2D eigenvalue weighted by Crippen LogP contribution is 2.21. The number of non-ortho nitro benzene ring substituents is 1. The molecule has 0 N–H and O–H groups in total. The van der Waals surface area contributed by atoms with Crippen LogP contribution in [0.2, 0.25) is 0 Å². The van der Waals surface area contributed by atoms with Gasteiger partial charge in [-0.3, -0.25) is 14.9 Å². The van der Waals surface area contributed by atoms with Crippen molar-refractivity contribution in [1.29, 1.82) is 5.26 Å². The van der Waals surface area contributed by atoms with Gasteiger partial charge in [-0.1, -0.05) is 0 Å². The third kappa shape index (κ3) is 4.43. The standard InChI is InChI=1S/C11H10N2O4S/c1-8(6-12)17-11(14)7-18-10-4-2-9(3-5-10)13(15)16/h2-5,8H,7H2,1H3/t8-/m0/s1. The molecule has 1 aromatic rings. The normalized spacial score (nSPS) is 11.3. The number of ether oxygens (including phenoxy) is 1. The van der Waals surface area contributed by atoms with E-state index < -0.39 is 17.0 Å². The Hall–Kier alpha value is -2.07. The van der Waals surface area contributed by atoms with Gasteiger partial charge >= 0.3 is 5.97 Å². The molecule has 0 fully saturated rings.